The van der Waals surface area contributed by atoms with Gasteiger partial charge in [-0.05, 0) is 62.1 Å². The molecule has 0 fully saturated rings. The van der Waals surface area contributed by atoms with E-state index in [1.165, 1.54) is 0 Å². The van der Waals surface area contributed by atoms with Crippen molar-refractivity contribution >= 4 is 10.8 Å². The molecular formula is C26H24O2. The second-order valence-electron chi connectivity index (χ2n) is 7.19. The molecule has 0 atom stereocenters. The van der Waals surface area contributed by atoms with Crippen molar-refractivity contribution in [2.75, 3.05) is 0 Å². The second kappa shape index (κ2) is 7.40. The van der Waals surface area contributed by atoms with Gasteiger partial charge < -0.3 is 9.47 Å². The lowest BCUT2D eigenvalue weighted by Crippen LogP contribution is -1.98. The van der Waals surface area contributed by atoms with Crippen LogP contribution in [0.2, 0.25) is 0 Å². The molecule has 140 valence electrons. The number of aryl methyl sites for hydroxylation is 2. The topological polar surface area (TPSA) is 18.5 Å². The van der Waals surface area contributed by atoms with E-state index >= 15 is 0 Å². The normalized spacial score (nSPS) is 10.9. The van der Waals surface area contributed by atoms with Gasteiger partial charge in [0.15, 0.2) is 0 Å². The molecule has 0 bridgehead atoms. The molecule has 0 aliphatic rings. The molecule has 0 heterocycles. The van der Waals surface area contributed by atoms with Gasteiger partial charge in [0.25, 0.3) is 0 Å². The number of benzene rings is 4. The van der Waals surface area contributed by atoms with E-state index in [9.17, 15) is 0 Å². The minimum atomic E-state index is 0.878. The summed E-state index contributed by atoms with van der Waals surface area (Å²) < 4.78 is 12.8. The first-order chi connectivity index (χ1) is 13.6. The fourth-order valence-electron chi connectivity index (χ4n) is 3.45. The van der Waals surface area contributed by atoms with Crippen LogP contribution in [-0.4, -0.2) is 0 Å². The zero-order valence-corrected chi connectivity index (χ0v) is 16.7. The van der Waals surface area contributed by atoms with Crippen LogP contribution >= 0.6 is 0 Å². The third kappa shape index (κ3) is 3.22. The smallest absolute Gasteiger partial charge is 0.138 e. The van der Waals surface area contributed by atoms with Crippen LogP contribution in [0.3, 0.4) is 0 Å². The van der Waals surface area contributed by atoms with E-state index in [1.807, 2.05) is 48.5 Å². The molecule has 0 N–H and O–H groups in total. The molecule has 2 nitrogen and oxygen atoms in total. The predicted molar refractivity (Wildman–Crippen MR) is 116 cm³/mol. The Balaban J connectivity index is 1.89. The summed E-state index contributed by atoms with van der Waals surface area (Å²) in [6.07, 6.45) is 0. The van der Waals surface area contributed by atoms with Crippen LogP contribution in [0, 0.1) is 27.7 Å². The highest BCUT2D eigenvalue weighted by Gasteiger charge is 2.18. The number of hydrogen-bond acceptors (Lipinski definition) is 2. The maximum Gasteiger partial charge on any atom is 0.138 e. The highest BCUT2D eigenvalue weighted by molar-refractivity contribution is 5.96. The molecule has 0 aliphatic carbocycles. The van der Waals surface area contributed by atoms with Gasteiger partial charge in [-0.1, -0.05) is 60.7 Å². The first kappa shape index (κ1) is 18.1. The van der Waals surface area contributed by atoms with Crippen molar-refractivity contribution in [2.45, 2.75) is 27.7 Å². The Hall–Kier alpha value is -3.26. The van der Waals surface area contributed by atoms with Crippen LogP contribution in [0.4, 0.5) is 0 Å². The van der Waals surface area contributed by atoms with Gasteiger partial charge in [-0.15, -0.1) is 0 Å². The maximum atomic E-state index is 6.41. The molecule has 4 aromatic rings. The molecule has 0 amide bonds. The molecule has 0 saturated heterocycles. The number of para-hydroxylation sites is 2. The van der Waals surface area contributed by atoms with Gasteiger partial charge in [0.1, 0.15) is 23.0 Å². The van der Waals surface area contributed by atoms with Crippen LogP contribution in [0.15, 0.2) is 72.8 Å². The van der Waals surface area contributed by atoms with Gasteiger partial charge in [0.05, 0.1) is 0 Å². The average molecular weight is 368 g/mol. The van der Waals surface area contributed by atoms with Crippen LogP contribution < -0.4 is 9.47 Å². The summed E-state index contributed by atoms with van der Waals surface area (Å²) in [5.41, 5.74) is 4.41. The summed E-state index contributed by atoms with van der Waals surface area (Å²) in [4.78, 5) is 0. The minimum absolute atomic E-state index is 0.878. The summed E-state index contributed by atoms with van der Waals surface area (Å²) >= 11 is 0. The van der Waals surface area contributed by atoms with Crippen molar-refractivity contribution in [3.63, 3.8) is 0 Å². The molecule has 28 heavy (non-hydrogen) atoms. The minimum Gasteiger partial charge on any atom is -0.456 e. The lowest BCUT2D eigenvalue weighted by Gasteiger charge is -2.20. The van der Waals surface area contributed by atoms with Crippen LogP contribution in [0.25, 0.3) is 10.8 Å². The van der Waals surface area contributed by atoms with Crippen molar-refractivity contribution in [1.82, 2.24) is 0 Å². The summed E-state index contributed by atoms with van der Waals surface area (Å²) in [6, 6.07) is 24.5. The molecule has 0 spiro atoms. The third-order valence-corrected chi connectivity index (χ3v) is 5.27. The second-order valence-corrected chi connectivity index (χ2v) is 7.19. The van der Waals surface area contributed by atoms with Crippen molar-refractivity contribution in [2.24, 2.45) is 0 Å². The maximum absolute atomic E-state index is 6.41. The molecule has 0 unspecified atom stereocenters. The van der Waals surface area contributed by atoms with Crippen LogP contribution in [0.1, 0.15) is 22.3 Å². The van der Waals surface area contributed by atoms with Crippen molar-refractivity contribution in [1.29, 1.82) is 0 Å². The van der Waals surface area contributed by atoms with E-state index in [1.54, 1.807) is 0 Å². The van der Waals surface area contributed by atoms with Gasteiger partial charge in [-0.3, -0.25) is 0 Å². The fraction of sp³-hybridized carbons (Fsp3) is 0.154. The standard InChI is InChI=1S/C26H24O2/c1-17-11-5-9-15-23(17)27-25-19(3)20(4)26(22-14-8-7-13-21(22)25)28-24-16-10-6-12-18(24)2/h5-16H,1-4H3. The largest absolute Gasteiger partial charge is 0.456 e. The highest BCUT2D eigenvalue weighted by Crippen LogP contribution is 2.44. The van der Waals surface area contributed by atoms with Crippen molar-refractivity contribution in [3.8, 4) is 23.0 Å². The van der Waals surface area contributed by atoms with Crippen molar-refractivity contribution in [3.05, 3.63) is 95.1 Å². The molecule has 0 saturated carbocycles. The fourth-order valence-corrected chi connectivity index (χ4v) is 3.45. The van der Waals surface area contributed by atoms with Gasteiger partial charge in [0.2, 0.25) is 0 Å². The monoisotopic (exact) mass is 368 g/mol. The van der Waals surface area contributed by atoms with Crippen LogP contribution in [-0.2, 0) is 0 Å². The lowest BCUT2D eigenvalue weighted by molar-refractivity contribution is 0.468. The predicted octanol–water partition coefficient (Wildman–Crippen LogP) is 7.66. The number of ether oxygens (including phenoxy) is 2. The Bertz CT molecular complexity index is 1070. The van der Waals surface area contributed by atoms with E-state index in [0.717, 1.165) is 56.0 Å². The van der Waals surface area contributed by atoms with E-state index in [4.69, 9.17) is 9.47 Å². The summed E-state index contributed by atoms with van der Waals surface area (Å²) in [5.74, 6) is 3.53. The number of rotatable bonds is 4. The Labute approximate surface area is 166 Å². The summed E-state index contributed by atoms with van der Waals surface area (Å²) in [6.45, 7) is 8.32. The van der Waals surface area contributed by atoms with E-state index in [0.29, 0.717) is 0 Å². The lowest BCUT2D eigenvalue weighted by atomic mass is 9.99. The number of fused-ring (bicyclic) bond motifs is 1. The SMILES string of the molecule is Cc1ccccc1Oc1c(C)c(C)c(Oc2ccccc2C)c2ccccc12. The quantitative estimate of drug-likeness (QED) is 0.368. The Morgan fingerprint density at radius 3 is 1.21 bits per heavy atom. The molecule has 4 rings (SSSR count). The molecule has 0 aromatic heterocycles. The highest BCUT2D eigenvalue weighted by atomic mass is 16.5. The molecule has 0 radical (unpaired) electrons. The molecule has 0 aliphatic heterocycles. The van der Waals surface area contributed by atoms with Gasteiger partial charge >= 0.3 is 0 Å². The Morgan fingerprint density at radius 2 is 0.821 bits per heavy atom. The van der Waals surface area contributed by atoms with Gasteiger partial charge in [-0.25, -0.2) is 0 Å². The van der Waals surface area contributed by atoms with Crippen LogP contribution in [0.5, 0.6) is 23.0 Å². The third-order valence-electron chi connectivity index (χ3n) is 5.27. The first-order valence-corrected chi connectivity index (χ1v) is 9.55. The number of hydrogen-bond donors (Lipinski definition) is 0. The van der Waals surface area contributed by atoms with E-state index in [-0.39, 0.29) is 0 Å². The zero-order valence-electron chi connectivity index (χ0n) is 16.7. The zero-order chi connectivity index (χ0) is 19.7. The van der Waals surface area contributed by atoms with Crippen molar-refractivity contribution < 1.29 is 9.47 Å². The van der Waals surface area contributed by atoms with Gasteiger partial charge in [0, 0.05) is 10.8 Å². The first-order valence-electron chi connectivity index (χ1n) is 9.55. The Morgan fingerprint density at radius 1 is 0.464 bits per heavy atom. The summed E-state index contributed by atoms with van der Waals surface area (Å²) in [5, 5.41) is 2.11. The molecular weight excluding hydrogens is 344 g/mol. The van der Waals surface area contributed by atoms with Gasteiger partial charge in [-0.2, -0.15) is 0 Å². The summed E-state index contributed by atoms with van der Waals surface area (Å²) in [7, 11) is 0. The van der Waals surface area contributed by atoms with E-state index in [2.05, 4.69) is 52.0 Å². The van der Waals surface area contributed by atoms with E-state index < -0.39 is 0 Å². The molecule has 2 heteroatoms. The molecule has 4 aromatic carbocycles. The Kier molecular flexibility index (Phi) is 4.79. The average Bonchev–Trinajstić information content (AvgIpc) is 2.71.